The van der Waals surface area contributed by atoms with Gasteiger partial charge in [0.1, 0.15) is 0 Å². The molecule has 58 heavy (non-hydrogen) atoms. The lowest BCUT2D eigenvalue weighted by atomic mass is 9.86. The molecule has 0 spiro atoms. The lowest BCUT2D eigenvalue weighted by Gasteiger charge is -2.22. The number of benzene rings is 7. The fourth-order valence-electron chi connectivity index (χ4n) is 7.63. The van der Waals surface area contributed by atoms with Gasteiger partial charge in [-0.1, -0.05) is 148 Å². The molecule has 9 aromatic rings. The lowest BCUT2D eigenvalue weighted by molar-refractivity contribution is -0.137. The van der Waals surface area contributed by atoms with E-state index in [0.29, 0.717) is 28.6 Å². The monoisotopic (exact) mass is 764 g/mol. The molecule has 0 atom stereocenters. The molecule has 7 heteroatoms. The third-order valence-electron chi connectivity index (χ3n) is 10.7. The summed E-state index contributed by atoms with van der Waals surface area (Å²) in [4.78, 5) is 15.1. The zero-order valence-corrected chi connectivity index (χ0v) is 32.5. The molecule has 4 nitrogen and oxygen atoms in total. The SMILES string of the molecule is Cc1ccc(-c2cc(-c3nc(-c4ccccc4)nc(-c4ccccc4)n3)cc(-c3ccc(C(F)(F)F)cc3)c2-n2c3ccccc3c3cc(C(C)(C)C)ccc32)cc1. The van der Waals surface area contributed by atoms with Gasteiger partial charge in [-0.25, -0.2) is 15.0 Å². The topological polar surface area (TPSA) is 43.6 Å². The van der Waals surface area contributed by atoms with Gasteiger partial charge in [0.25, 0.3) is 0 Å². The molecule has 0 fully saturated rings. The van der Waals surface area contributed by atoms with E-state index in [-0.39, 0.29) is 5.41 Å². The standard InChI is InChI=1S/C51H39F3N4/c1-32-19-21-33(22-20-32)41-29-37(49-56-47(35-13-7-5-8-14-35)55-48(57-49)36-15-9-6-10-16-36)30-42(34-23-25-38(26-24-34)51(52,53)54)46(41)58-44-18-12-11-17-40(44)43-31-39(50(2,3)4)27-28-45(43)58/h5-31H,1-4H3. The summed E-state index contributed by atoms with van der Waals surface area (Å²) < 4.78 is 44.3. The summed E-state index contributed by atoms with van der Waals surface area (Å²) in [6, 6.07) is 52.4. The van der Waals surface area contributed by atoms with Crippen LogP contribution in [0.4, 0.5) is 13.2 Å². The molecule has 9 rings (SSSR count). The van der Waals surface area contributed by atoms with Gasteiger partial charge in [-0.05, 0) is 71.5 Å². The van der Waals surface area contributed by atoms with Crippen LogP contribution in [0.15, 0.2) is 164 Å². The Hall–Kier alpha value is -6.86. The third kappa shape index (κ3) is 6.83. The molecule has 0 radical (unpaired) electrons. The second kappa shape index (κ2) is 14.3. The highest BCUT2D eigenvalue weighted by Crippen LogP contribution is 2.45. The lowest BCUT2D eigenvalue weighted by Crippen LogP contribution is -2.10. The second-order valence-corrected chi connectivity index (χ2v) is 15.7. The van der Waals surface area contributed by atoms with Gasteiger partial charge >= 0.3 is 6.18 Å². The number of rotatable bonds is 6. The molecule has 0 bridgehead atoms. The number of alkyl halides is 3. The van der Waals surface area contributed by atoms with Crippen molar-refractivity contribution in [1.29, 1.82) is 0 Å². The summed E-state index contributed by atoms with van der Waals surface area (Å²) in [5, 5.41) is 2.18. The normalized spacial score (nSPS) is 12.1. The quantitative estimate of drug-likeness (QED) is 0.169. The molecule has 284 valence electrons. The Morgan fingerprint density at radius 3 is 1.43 bits per heavy atom. The van der Waals surface area contributed by atoms with Crippen molar-refractivity contribution in [3.8, 4) is 62.1 Å². The molecule has 0 saturated carbocycles. The van der Waals surface area contributed by atoms with Crippen LogP contribution in [0.3, 0.4) is 0 Å². The van der Waals surface area contributed by atoms with Gasteiger partial charge in [0.15, 0.2) is 17.5 Å². The molecule has 0 saturated heterocycles. The zero-order chi connectivity index (χ0) is 40.2. The summed E-state index contributed by atoms with van der Waals surface area (Å²) in [7, 11) is 0. The number of halogens is 3. The van der Waals surface area contributed by atoms with Gasteiger partial charge in [-0.15, -0.1) is 0 Å². The average Bonchev–Trinajstić information content (AvgIpc) is 3.57. The maximum atomic E-state index is 14.0. The zero-order valence-electron chi connectivity index (χ0n) is 32.5. The van der Waals surface area contributed by atoms with Crippen LogP contribution in [0, 0.1) is 6.92 Å². The Balaban J connectivity index is 1.41. The van der Waals surface area contributed by atoms with E-state index >= 15 is 0 Å². The molecule has 0 unspecified atom stereocenters. The van der Waals surface area contributed by atoms with Crippen LogP contribution in [-0.2, 0) is 11.6 Å². The van der Waals surface area contributed by atoms with Crippen LogP contribution in [-0.4, -0.2) is 19.5 Å². The predicted molar refractivity (Wildman–Crippen MR) is 230 cm³/mol. The van der Waals surface area contributed by atoms with Gasteiger partial charge in [0, 0.05) is 38.6 Å². The number of nitrogens with zero attached hydrogens (tertiary/aromatic N) is 4. The number of aryl methyl sites for hydroxylation is 1. The van der Waals surface area contributed by atoms with Crippen molar-refractivity contribution in [3.63, 3.8) is 0 Å². The van der Waals surface area contributed by atoms with Crippen molar-refractivity contribution in [1.82, 2.24) is 19.5 Å². The smallest absolute Gasteiger partial charge is 0.308 e. The van der Waals surface area contributed by atoms with Crippen molar-refractivity contribution in [2.75, 3.05) is 0 Å². The maximum Gasteiger partial charge on any atom is 0.416 e. The number of aromatic nitrogens is 4. The van der Waals surface area contributed by atoms with E-state index in [0.717, 1.165) is 73.0 Å². The molecule has 2 aromatic heterocycles. The minimum atomic E-state index is -4.49. The van der Waals surface area contributed by atoms with Crippen molar-refractivity contribution in [2.24, 2.45) is 0 Å². The Morgan fingerprint density at radius 1 is 0.431 bits per heavy atom. The Morgan fingerprint density at radius 2 is 0.897 bits per heavy atom. The van der Waals surface area contributed by atoms with Gasteiger partial charge in [0.2, 0.25) is 0 Å². The Kier molecular flexibility index (Phi) is 9.04. The van der Waals surface area contributed by atoms with Crippen LogP contribution < -0.4 is 0 Å². The van der Waals surface area contributed by atoms with E-state index < -0.39 is 11.7 Å². The molecule has 0 amide bonds. The predicted octanol–water partition coefficient (Wildman–Crippen LogP) is 13.9. The number of fused-ring (bicyclic) bond motifs is 3. The van der Waals surface area contributed by atoms with Crippen LogP contribution in [0.1, 0.15) is 37.5 Å². The van der Waals surface area contributed by atoms with Crippen molar-refractivity contribution < 1.29 is 13.2 Å². The first-order valence-corrected chi connectivity index (χ1v) is 19.3. The highest BCUT2D eigenvalue weighted by atomic mass is 19.4. The van der Waals surface area contributed by atoms with Crippen molar-refractivity contribution in [2.45, 2.75) is 39.3 Å². The minimum absolute atomic E-state index is 0.0841. The van der Waals surface area contributed by atoms with E-state index in [1.54, 1.807) is 12.1 Å². The Labute approximate surface area is 335 Å². The van der Waals surface area contributed by atoms with Crippen molar-refractivity contribution >= 4 is 21.8 Å². The minimum Gasteiger partial charge on any atom is -0.308 e. The summed E-state index contributed by atoms with van der Waals surface area (Å²) in [5.74, 6) is 1.47. The fourth-order valence-corrected chi connectivity index (χ4v) is 7.63. The second-order valence-electron chi connectivity index (χ2n) is 15.7. The largest absolute Gasteiger partial charge is 0.416 e. The van der Waals surface area contributed by atoms with E-state index in [1.165, 1.54) is 5.56 Å². The summed E-state index contributed by atoms with van der Waals surface area (Å²) in [6.45, 7) is 8.67. The molecular formula is C51H39F3N4. The summed E-state index contributed by atoms with van der Waals surface area (Å²) in [5.41, 5.74) is 9.85. The maximum absolute atomic E-state index is 14.0. The summed E-state index contributed by atoms with van der Waals surface area (Å²) in [6.07, 6.45) is -4.49. The van der Waals surface area contributed by atoms with Gasteiger partial charge < -0.3 is 4.57 Å². The van der Waals surface area contributed by atoms with Crippen LogP contribution in [0.25, 0.3) is 83.9 Å². The highest BCUT2D eigenvalue weighted by Gasteiger charge is 2.31. The van der Waals surface area contributed by atoms with Crippen molar-refractivity contribution in [3.05, 3.63) is 180 Å². The number of hydrogen-bond acceptors (Lipinski definition) is 3. The molecule has 7 aromatic carbocycles. The van der Waals surface area contributed by atoms with Gasteiger partial charge in [-0.3, -0.25) is 0 Å². The molecule has 0 N–H and O–H groups in total. The molecule has 0 aliphatic rings. The number of para-hydroxylation sites is 1. The van der Waals surface area contributed by atoms with E-state index in [4.69, 9.17) is 15.0 Å². The first-order chi connectivity index (χ1) is 27.9. The van der Waals surface area contributed by atoms with Crippen LogP contribution in [0.2, 0.25) is 0 Å². The molecular weight excluding hydrogens is 726 g/mol. The first-order valence-electron chi connectivity index (χ1n) is 19.3. The molecule has 0 aliphatic heterocycles. The average molecular weight is 765 g/mol. The van der Waals surface area contributed by atoms with Crippen LogP contribution >= 0.6 is 0 Å². The summed E-state index contributed by atoms with van der Waals surface area (Å²) >= 11 is 0. The molecule has 2 heterocycles. The highest BCUT2D eigenvalue weighted by molar-refractivity contribution is 6.11. The first kappa shape index (κ1) is 36.8. The van der Waals surface area contributed by atoms with E-state index in [9.17, 15) is 13.2 Å². The fraction of sp³-hybridized carbons (Fsp3) is 0.118. The number of hydrogen-bond donors (Lipinski definition) is 0. The third-order valence-corrected chi connectivity index (χ3v) is 10.7. The van der Waals surface area contributed by atoms with Gasteiger partial charge in [-0.2, -0.15) is 13.2 Å². The molecule has 0 aliphatic carbocycles. The van der Waals surface area contributed by atoms with Crippen LogP contribution in [0.5, 0.6) is 0 Å². The van der Waals surface area contributed by atoms with E-state index in [2.05, 4.69) is 92.9 Å². The van der Waals surface area contributed by atoms with E-state index in [1.807, 2.05) is 78.9 Å². The van der Waals surface area contributed by atoms with Gasteiger partial charge in [0.05, 0.1) is 22.3 Å². The Bertz CT molecular complexity index is 2890.